The fraction of sp³-hybridized carbons (Fsp3) is 0.462. The Labute approximate surface area is 117 Å². The van der Waals surface area contributed by atoms with E-state index in [2.05, 4.69) is 0 Å². The fourth-order valence-electron chi connectivity index (χ4n) is 2.86. The van der Waals surface area contributed by atoms with Crippen molar-refractivity contribution in [2.75, 3.05) is 0 Å². The van der Waals surface area contributed by atoms with E-state index in [0.29, 0.717) is 24.3 Å². The largest absolute Gasteiger partial charge is 0.481 e. The van der Waals surface area contributed by atoms with Gasteiger partial charge in [0.1, 0.15) is 0 Å². The van der Waals surface area contributed by atoms with Crippen LogP contribution in [0.25, 0.3) is 0 Å². The summed E-state index contributed by atoms with van der Waals surface area (Å²) in [7, 11) is -1.32. The molecule has 0 radical (unpaired) electrons. The van der Waals surface area contributed by atoms with Crippen molar-refractivity contribution in [3.63, 3.8) is 0 Å². The summed E-state index contributed by atoms with van der Waals surface area (Å²) < 4.78 is 0. The average molecular weight is 283 g/mol. The van der Waals surface area contributed by atoms with Crippen LogP contribution in [-0.4, -0.2) is 28.2 Å². The molecule has 2 atom stereocenters. The maximum atomic E-state index is 11.4. The van der Waals surface area contributed by atoms with Crippen molar-refractivity contribution in [3.8, 4) is 0 Å². The second kappa shape index (κ2) is 5.95. The second-order valence-electron chi connectivity index (χ2n) is 5.03. The molecule has 0 fully saturated rings. The normalized spacial score (nSPS) is 21.2. The van der Waals surface area contributed by atoms with E-state index in [1.807, 2.05) is 6.07 Å². The predicted octanol–water partition coefficient (Wildman–Crippen LogP) is 1.93. The average Bonchev–Trinajstić information content (AvgIpc) is 2.65. The van der Waals surface area contributed by atoms with Crippen molar-refractivity contribution >= 4 is 24.7 Å². The molecule has 0 saturated heterocycles. The summed E-state index contributed by atoms with van der Waals surface area (Å²) >= 11 is 5.93. The van der Waals surface area contributed by atoms with Crippen molar-refractivity contribution in [3.05, 3.63) is 34.3 Å². The number of rotatable bonds is 5. The monoisotopic (exact) mass is 282 g/mol. The highest BCUT2D eigenvalue weighted by Gasteiger charge is 2.37. The van der Waals surface area contributed by atoms with Gasteiger partial charge in [-0.2, -0.15) is 0 Å². The first-order valence-corrected chi connectivity index (χ1v) is 6.74. The Kier molecular flexibility index (Phi) is 4.50. The Balaban J connectivity index is 2.12. The third kappa shape index (κ3) is 3.29. The summed E-state index contributed by atoms with van der Waals surface area (Å²) in [4.78, 5) is 11.4. The Bertz CT molecular complexity index is 478. The third-order valence-corrected chi connectivity index (χ3v) is 3.93. The topological polar surface area (TPSA) is 77.8 Å². The first kappa shape index (κ1) is 14.4. The van der Waals surface area contributed by atoms with E-state index in [4.69, 9.17) is 21.6 Å². The van der Waals surface area contributed by atoms with Crippen molar-refractivity contribution < 1.29 is 19.9 Å². The van der Waals surface area contributed by atoms with Crippen LogP contribution in [0.5, 0.6) is 0 Å². The van der Waals surface area contributed by atoms with Crippen molar-refractivity contribution in [2.45, 2.75) is 31.5 Å². The van der Waals surface area contributed by atoms with Gasteiger partial charge >= 0.3 is 13.1 Å². The summed E-state index contributed by atoms with van der Waals surface area (Å²) in [6.45, 7) is 0. The molecule has 1 aromatic rings. The van der Waals surface area contributed by atoms with E-state index < -0.39 is 19.0 Å². The minimum atomic E-state index is -1.32. The first-order chi connectivity index (χ1) is 8.99. The van der Waals surface area contributed by atoms with Crippen LogP contribution >= 0.6 is 11.6 Å². The summed E-state index contributed by atoms with van der Waals surface area (Å²) in [6.07, 6.45) is 2.26. The maximum Gasteiger partial charge on any atom is 0.451 e. The third-order valence-electron chi connectivity index (χ3n) is 3.70. The highest BCUT2D eigenvalue weighted by atomic mass is 35.5. The number of aliphatic carboxylic acids is 1. The quantitative estimate of drug-likeness (QED) is 0.721. The SMILES string of the molecule is O=C(O)C1c2cc(Cl)ccc2CC1CCCB(O)O. The van der Waals surface area contributed by atoms with E-state index in [0.717, 1.165) is 11.1 Å². The molecule has 102 valence electrons. The number of benzene rings is 1. The van der Waals surface area contributed by atoms with Crippen LogP contribution in [0.3, 0.4) is 0 Å². The van der Waals surface area contributed by atoms with Gasteiger partial charge in [0.25, 0.3) is 0 Å². The molecular formula is C13H16BClO4. The zero-order valence-corrected chi connectivity index (χ0v) is 11.2. The van der Waals surface area contributed by atoms with Crippen molar-refractivity contribution in [1.82, 2.24) is 0 Å². The van der Waals surface area contributed by atoms with Gasteiger partial charge in [-0.1, -0.05) is 24.1 Å². The number of halogens is 1. The molecule has 0 heterocycles. The lowest BCUT2D eigenvalue weighted by atomic mass is 9.80. The van der Waals surface area contributed by atoms with Crippen LogP contribution in [-0.2, 0) is 11.2 Å². The summed E-state index contributed by atoms with van der Waals surface area (Å²) in [5.41, 5.74) is 1.83. The molecule has 4 nitrogen and oxygen atoms in total. The Morgan fingerprint density at radius 3 is 2.79 bits per heavy atom. The molecule has 1 aromatic carbocycles. The second-order valence-corrected chi connectivity index (χ2v) is 5.47. The van der Waals surface area contributed by atoms with Gasteiger partial charge in [0.15, 0.2) is 0 Å². The molecule has 0 amide bonds. The zero-order valence-electron chi connectivity index (χ0n) is 10.4. The molecule has 1 aliphatic carbocycles. The number of carbonyl (C=O) groups is 1. The van der Waals surface area contributed by atoms with Crippen LogP contribution in [0.2, 0.25) is 11.3 Å². The lowest BCUT2D eigenvalue weighted by Gasteiger charge is -2.16. The molecule has 1 aliphatic rings. The van der Waals surface area contributed by atoms with Crippen LogP contribution in [0.1, 0.15) is 29.9 Å². The van der Waals surface area contributed by atoms with Gasteiger partial charge in [-0.3, -0.25) is 4.79 Å². The van der Waals surface area contributed by atoms with Crippen LogP contribution in [0, 0.1) is 5.92 Å². The molecule has 0 aliphatic heterocycles. The van der Waals surface area contributed by atoms with Crippen LogP contribution in [0.4, 0.5) is 0 Å². The van der Waals surface area contributed by atoms with Crippen LogP contribution in [0.15, 0.2) is 18.2 Å². The lowest BCUT2D eigenvalue weighted by Crippen LogP contribution is -2.18. The summed E-state index contributed by atoms with van der Waals surface area (Å²) in [5.74, 6) is -1.37. The Morgan fingerprint density at radius 1 is 1.42 bits per heavy atom. The van der Waals surface area contributed by atoms with Gasteiger partial charge < -0.3 is 15.2 Å². The van der Waals surface area contributed by atoms with Gasteiger partial charge in [0.05, 0.1) is 5.92 Å². The molecule has 0 saturated carbocycles. The molecule has 0 aromatic heterocycles. The first-order valence-electron chi connectivity index (χ1n) is 6.36. The molecule has 6 heteroatoms. The number of carboxylic acid groups (broad SMARTS) is 1. The van der Waals surface area contributed by atoms with Crippen molar-refractivity contribution in [1.29, 1.82) is 0 Å². The number of fused-ring (bicyclic) bond motifs is 1. The Hall–Kier alpha value is -1.04. The van der Waals surface area contributed by atoms with Gasteiger partial charge in [-0.05, 0) is 48.3 Å². The maximum absolute atomic E-state index is 11.4. The number of carboxylic acids is 1. The molecule has 2 rings (SSSR count). The fourth-order valence-corrected chi connectivity index (χ4v) is 3.04. The zero-order chi connectivity index (χ0) is 14.0. The van der Waals surface area contributed by atoms with E-state index in [1.54, 1.807) is 12.1 Å². The minimum Gasteiger partial charge on any atom is -0.481 e. The Morgan fingerprint density at radius 2 is 2.16 bits per heavy atom. The van der Waals surface area contributed by atoms with E-state index in [9.17, 15) is 9.90 Å². The molecule has 0 spiro atoms. The summed E-state index contributed by atoms with van der Waals surface area (Å²) in [6, 6.07) is 5.39. The molecule has 19 heavy (non-hydrogen) atoms. The molecule has 3 N–H and O–H groups in total. The lowest BCUT2D eigenvalue weighted by molar-refractivity contribution is -0.139. The highest BCUT2D eigenvalue weighted by molar-refractivity contribution is 6.40. The molecule has 0 bridgehead atoms. The van der Waals surface area contributed by atoms with Gasteiger partial charge in [0, 0.05) is 5.02 Å². The number of hydrogen-bond donors (Lipinski definition) is 3. The van der Waals surface area contributed by atoms with Crippen LogP contribution < -0.4 is 0 Å². The molecular weight excluding hydrogens is 266 g/mol. The molecule has 2 unspecified atom stereocenters. The predicted molar refractivity (Wildman–Crippen MR) is 73.3 cm³/mol. The van der Waals surface area contributed by atoms with Gasteiger partial charge in [-0.25, -0.2) is 0 Å². The van der Waals surface area contributed by atoms with E-state index >= 15 is 0 Å². The highest BCUT2D eigenvalue weighted by Crippen LogP contribution is 2.41. The van der Waals surface area contributed by atoms with E-state index in [1.165, 1.54) is 0 Å². The van der Waals surface area contributed by atoms with Gasteiger partial charge in [-0.15, -0.1) is 0 Å². The summed E-state index contributed by atoms with van der Waals surface area (Å²) in [5, 5.41) is 27.6. The van der Waals surface area contributed by atoms with Crippen molar-refractivity contribution in [2.24, 2.45) is 5.92 Å². The van der Waals surface area contributed by atoms with E-state index in [-0.39, 0.29) is 12.2 Å². The smallest absolute Gasteiger partial charge is 0.451 e. The minimum absolute atomic E-state index is 0.00437. The standard InChI is InChI=1S/C13H16BClO4/c15-10-4-3-8-6-9(2-1-5-14(18)19)12(13(16)17)11(8)7-10/h3-4,7,9,12,18-19H,1-2,5-6H2,(H,16,17). The number of hydrogen-bond acceptors (Lipinski definition) is 3. The van der Waals surface area contributed by atoms with Gasteiger partial charge in [0.2, 0.25) is 0 Å².